The van der Waals surface area contributed by atoms with Gasteiger partial charge in [0.2, 0.25) is 0 Å². The normalized spacial score (nSPS) is 10.3. The zero-order valence-corrected chi connectivity index (χ0v) is 13.1. The summed E-state index contributed by atoms with van der Waals surface area (Å²) in [6.45, 7) is 3.91. The molecule has 1 heterocycles. The quantitative estimate of drug-likeness (QED) is 0.900. The lowest BCUT2D eigenvalue weighted by atomic mass is 10.1. The van der Waals surface area contributed by atoms with E-state index in [1.165, 1.54) is 0 Å². The number of halogens is 1. The molecule has 2 aromatic rings. The molecular formula is C16H18ClN3O. The molecule has 0 saturated heterocycles. The van der Waals surface area contributed by atoms with Gasteiger partial charge >= 0.3 is 0 Å². The highest BCUT2D eigenvalue weighted by atomic mass is 35.5. The molecule has 0 atom stereocenters. The number of carbonyl (C=O) groups is 1. The number of nitrogens with zero attached hydrogens (tertiary/aromatic N) is 1. The largest absolute Gasteiger partial charge is 0.373 e. The molecule has 4 nitrogen and oxygen atoms in total. The van der Waals surface area contributed by atoms with Gasteiger partial charge in [0.1, 0.15) is 5.82 Å². The number of rotatable bonds is 4. The van der Waals surface area contributed by atoms with E-state index in [1.54, 1.807) is 25.2 Å². The minimum absolute atomic E-state index is 0.195. The molecule has 1 aromatic carbocycles. The fourth-order valence-corrected chi connectivity index (χ4v) is 2.27. The van der Waals surface area contributed by atoms with Gasteiger partial charge in [0, 0.05) is 18.3 Å². The van der Waals surface area contributed by atoms with E-state index in [0.29, 0.717) is 22.1 Å². The first-order valence-corrected chi connectivity index (χ1v) is 7.18. The van der Waals surface area contributed by atoms with Gasteiger partial charge in [-0.1, -0.05) is 30.7 Å². The summed E-state index contributed by atoms with van der Waals surface area (Å²) in [5, 5.41) is 6.37. The minimum atomic E-state index is -0.195. The predicted octanol–water partition coefficient (Wildman–Crippen LogP) is 3.90. The Morgan fingerprint density at radius 2 is 2.10 bits per heavy atom. The maximum absolute atomic E-state index is 12.4. The summed E-state index contributed by atoms with van der Waals surface area (Å²) in [5.41, 5.74) is 2.99. The van der Waals surface area contributed by atoms with Crippen LogP contribution in [0.2, 0.25) is 5.02 Å². The first kappa shape index (κ1) is 15.3. The van der Waals surface area contributed by atoms with Gasteiger partial charge in [0.05, 0.1) is 10.7 Å². The van der Waals surface area contributed by atoms with Gasteiger partial charge in [-0.25, -0.2) is 4.98 Å². The van der Waals surface area contributed by atoms with Crippen molar-refractivity contribution in [2.45, 2.75) is 20.3 Å². The number of aryl methyl sites for hydroxylation is 2. The Balaban J connectivity index is 2.32. The van der Waals surface area contributed by atoms with Crippen molar-refractivity contribution < 1.29 is 4.79 Å². The molecule has 2 rings (SSSR count). The Morgan fingerprint density at radius 1 is 1.33 bits per heavy atom. The van der Waals surface area contributed by atoms with Crippen LogP contribution in [0.25, 0.3) is 0 Å². The number of anilines is 2. The Hall–Kier alpha value is -2.07. The average Bonchev–Trinajstić information content (AvgIpc) is 2.50. The van der Waals surface area contributed by atoms with Crippen LogP contribution in [-0.4, -0.2) is 17.9 Å². The number of nitrogens with one attached hydrogen (secondary N) is 2. The summed E-state index contributed by atoms with van der Waals surface area (Å²) in [7, 11) is 1.78. The highest BCUT2D eigenvalue weighted by Gasteiger charge is 2.12. The van der Waals surface area contributed by atoms with Crippen LogP contribution in [0.1, 0.15) is 28.5 Å². The topological polar surface area (TPSA) is 54.0 Å². The van der Waals surface area contributed by atoms with Gasteiger partial charge < -0.3 is 10.6 Å². The summed E-state index contributed by atoms with van der Waals surface area (Å²) in [6, 6.07) is 9.04. The zero-order chi connectivity index (χ0) is 15.4. The fourth-order valence-electron chi connectivity index (χ4n) is 2.00. The molecule has 1 aromatic heterocycles. The second kappa shape index (κ2) is 6.59. The molecule has 1 amide bonds. The van der Waals surface area contributed by atoms with Crippen molar-refractivity contribution in [2.24, 2.45) is 0 Å². The molecule has 0 aliphatic heterocycles. The SMILES string of the molecule is CCc1cc(C(=O)Nc2c(C)cccc2Cl)cc(NC)n1. The van der Waals surface area contributed by atoms with E-state index >= 15 is 0 Å². The van der Waals surface area contributed by atoms with Gasteiger partial charge in [0.15, 0.2) is 0 Å². The highest BCUT2D eigenvalue weighted by molar-refractivity contribution is 6.34. The molecule has 0 fully saturated rings. The summed E-state index contributed by atoms with van der Waals surface area (Å²) in [6.07, 6.45) is 0.765. The fraction of sp³-hybridized carbons (Fsp3) is 0.250. The zero-order valence-electron chi connectivity index (χ0n) is 12.3. The van der Waals surface area contributed by atoms with Gasteiger partial charge in [-0.2, -0.15) is 0 Å². The molecule has 0 saturated carbocycles. The third-order valence-electron chi connectivity index (χ3n) is 3.22. The van der Waals surface area contributed by atoms with Crippen LogP contribution in [0.3, 0.4) is 0 Å². The maximum atomic E-state index is 12.4. The lowest BCUT2D eigenvalue weighted by molar-refractivity contribution is 0.102. The van der Waals surface area contributed by atoms with Gasteiger partial charge in [-0.15, -0.1) is 0 Å². The second-order valence-electron chi connectivity index (χ2n) is 4.72. The molecule has 0 aliphatic carbocycles. The van der Waals surface area contributed by atoms with Crippen molar-refractivity contribution in [1.82, 2.24) is 4.98 Å². The Bertz CT molecular complexity index is 628. The lowest BCUT2D eigenvalue weighted by Crippen LogP contribution is -2.14. The van der Waals surface area contributed by atoms with Crippen molar-refractivity contribution in [2.75, 3.05) is 17.7 Å². The summed E-state index contributed by atoms with van der Waals surface area (Å²) < 4.78 is 0. The van der Waals surface area contributed by atoms with E-state index in [4.69, 9.17) is 11.6 Å². The maximum Gasteiger partial charge on any atom is 0.255 e. The third kappa shape index (κ3) is 3.52. The van der Waals surface area contributed by atoms with Crippen LogP contribution in [0, 0.1) is 6.92 Å². The standard InChI is InChI=1S/C16H18ClN3O/c1-4-12-8-11(9-14(18-3)19-12)16(21)20-15-10(2)6-5-7-13(15)17/h5-9H,4H2,1-3H3,(H,18,19)(H,20,21). The molecule has 0 bridgehead atoms. The van der Waals surface area contributed by atoms with E-state index in [9.17, 15) is 4.79 Å². The van der Waals surface area contributed by atoms with Crippen LogP contribution in [0.5, 0.6) is 0 Å². The summed E-state index contributed by atoms with van der Waals surface area (Å²) in [4.78, 5) is 16.8. The number of aromatic nitrogens is 1. The van der Waals surface area contributed by atoms with Crippen molar-refractivity contribution >= 4 is 29.0 Å². The second-order valence-corrected chi connectivity index (χ2v) is 5.13. The molecule has 5 heteroatoms. The van der Waals surface area contributed by atoms with E-state index in [-0.39, 0.29) is 5.91 Å². The lowest BCUT2D eigenvalue weighted by Gasteiger charge is -2.11. The van der Waals surface area contributed by atoms with E-state index in [2.05, 4.69) is 15.6 Å². The van der Waals surface area contributed by atoms with Crippen molar-refractivity contribution in [1.29, 1.82) is 0 Å². The molecule has 2 N–H and O–H groups in total. The number of carbonyl (C=O) groups excluding carboxylic acids is 1. The number of benzene rings is 1. The van der Waals surface area contributed by atoms with Crippen molar-refractivity contribution in [3.05, 3.63) is 52.2 Å². The Labute approximate surface area is 129 Å². The summed E-state index contributed by atoms with van der Waals surface area (Å²) in [5.74, 6) is 0.482. The molecule has 110 valence electrons. The smallest absolute Gasteiger partial charge is 0.255 e. The van der Waals surface area contributed by atoms with Gasteiger partial charge in [0.25, 0.3) is 5.91 Å². The first-order chi connectivity index (χ1) is 10.0. The number of pyridine rings is 1. The summed E-state index contributed by atoms with van der Waals surface area (Å²) >= 11 is 6.14. The van der Waals surface area contributed by atoms with E-state index in [0.717, 1.165) is 17.7 Å². The molecule has 0 unspecified atom stereocenters. The van der Waals surface area contributed by atoms with Crippen LogP contribution in [0.4, 0.5) is 11.5 Å². The molecule has 0 spiro atoms. The van der Waals surface area contributed by atoms with Crippen molar-refractivity contribution in [3.8, 4) is 0 Å². The number of para-hydroxylation sites is 1. The minimum Gasteiger partial charge on any atom is -0.373 e. The predicted molar refractivity (Wildman–Crippen MR) is 87.3 cm³/mol. The number of hydrogen-bond acceptors (Lipinski definition) is 3. The molecular weight excluding hydrogens is 286 g/mol. The van der Waals surface area contributed by atoms with E-state index < -0.39 is 0 Å². The van der Waals surface area contributed by atoms with Crippen LogP contribution < -0.4 is 10.6 Å². The third-order valence-corrected chi connectivity index (χ3v) is 3.53. The van der Waals surface area contributed by atoms with Crippen LogP contribution in [0.15, 0.2) is 30.3 Å². The monoisotopic (exact) mass is 303 g/mol. The van der Waals surface area contributed by atoms with Gasteiger partial charge in [-0.3, -0.25) is 4.79 Å². The van der Waals surface area contributed by atoms with Crippen LogP contribution >= 0.6 is 11.6 Å². The number of amides is 1. The Kier molecular flexibility index (Phi) is 4.81. The molecule has 21 heavy (non-hydrogen) atoms. The Morgan fingerprint density at radius 3 is 2.71 bits per heavy atom. The van der Waals surface area contributed by atoms with Gasteiger partial charge in [-0.05, 0) is 37.1 Å². The average molecular weight is 304 g/mol. The highest BCUT2D eigenvalue weighted by Crippen LogP contribution is 2.26. The molecule has 0 aliphatic rings. The van der Waals surface area contributed by atoms with E-state index in [1.807, 2.05) is 26.0 Å². The van der Waals surface area contributed by atoms with Crippen molar-refractivity contribution in [3.63, 3.8) is 0 Å². The van der Waals surface area contributed by atoms with Crippen LogP contribution in [-0.2, 0) is 6.42 Å². The number of hydrogen-bond donors (Lipinski definition) is 2. The first-order valence-electron chi connectivity index (χ1n) is 6.80. The molecule has 0 radical (unpaired) electrons.